The predicted octanol–water partition coefficient (Wildman–Crippen LogP) is 3.93. The summed E-state index contributed by atoms with van der Waals surface area (Å²) in [6.07, 6.45) is 4.99. The first-order valence-corrected chi connectivity index (χ1v) is 10.4. The van der Waals surface area contributed by atoms with Crippen LogP contribution in [0.25, 0.3) is 11.1 Å². The number of piperidine rings is 1. The average molecular weight is 394 g/mol. The lowest BCUT2D eigenvalue weighted by Crippen LogP contribution is -2.54. The van der Waals surface area contributed by atoms with Gasteiger partial charge < -0.3 is 10.6 Å². The molecule has 0 unspecified atom stereocenters. The molecule has 2 aromatic carbocycles. The lowest BCUT2D eigenvalue weighted by atomic mass is 9.73. The van der Waals surface area contributed by atoms with E-state index < -0.39 is 5.41 Å². The van der Waals surface area contributed by atoms with E-state index in [9.17, 15) is 14.0 Å². The predicted molar refractivity (Wildman–Crippen MR) is 110 cm³/mol. The van der Waals surface area contributed by atoms with Gasteiger partial charge >= 0.3 is 0 Å². The van der Waals surface area contributed by atoms with Gasteiger partial charge in [-0.3, -0.25) is 9.59 Å². The lowest BCUT2D eigenvalue weighted by Gasteiger charge is -2.43. The number of hydrogen-bond acceptors (Lipinski definition) is 2. The molecule has 29 heavy (non-hydrogen) atoms. The van der Waals surface area contributed by atoms with E-state index in [4.69, 9.17) is 5.73 Å². The minimum absolute atomic E-state index is 0.124. The highest BCUT2D eigenvalue weighted by molar-refractivity contribution is 5.84. The normalized spacial score (nSPS) is 22.2. The fraction of sp³-hybridized carbons (Fsp3) is 0.417. The van der Waals surface area contributed by atoms with Crippen LogP contribution in [0.15, 0.2) is 48.5 Å². The van der Waals surface area contributed by atoms with E-state index in [1.165, 1.54) is 6.07 Å². The number of rotatable bonds is 5. The van der Waals surface area contributed by atoms with Gasteiger partial charge in [0.1, 0.15) is 5.82 Å². The Balaban J connectivity index is 1.53. The van der Waals surface area contributed by atoms with Crippen LogP contribution in [0.2, 0.25) is 0 Å². The molecule has 4 nitrogen and oxygen atoms in total. The molecule has 2 amide bonds. The van der Waals surface area contributed by atoms with Crippen molar-refractivity contribution in [1.82, 2.24) is 4.90 Å². The fourth-order valence-electron chi connectivity index (χ4n) is 4.55. The van der Waals surface area contributed by atoms with Crippen LogP contribution in [0.4, 0.5) is 4.39 Å². The summed E-state index contributed by atoms with van der Waals surface area (Å²) in [5.41, 5.74) is 7.44. The molecular weight excluding hydrogens is 367 g/mol. The van der Waals surface area contributed by atoms with Gasteiger partial charge in [0.25, 0.3) is 0 Å². The number of amides is 2. The SMILES string of the molecule is NC(=O)[C@@]1(Cc2ccc(-c3ccccc3F)cc2)CCCN(C(=O)C2CCC2)C1. The molecule has 152 valence electrons. The Bertz CT molecular complexity index is 907. The summed E-state index contributed by atoms with van der Waals surface area (Å²) in [7, 11) is 0. The Kier molecular flexibility index (Phi) is 5.39. The highest BCUT2D eigenvalue weighted by Crippen LogP contribution is 2.37. The van der Waals surface area contributed by atoms with Gasteiger partial charge in [0.2, 0.25) is 11.8 Å². The van der Waals surface area contributed by atoms with E-state index in [0.717, 1.165) is 36.8 Å². The van der Waals surface area contributed by atoms with Crippen molar-refractivity contribution in [3.05, 3.63) is 59.9 Å². The fourth-order valence-corrected chi connectivity index (χ4v) is 4.55. The molecule has 1 saturated heterocycles. The van der Waals surface area contributed by atoms with Crippen molar-refractivity contribution in [2.24, 2.45) is 17.1 Å². The number of primary amides is 1. The number of carbonyl (C=O) groups is 2. The third kappa shape index (κ3) is 3.91. The van der Waals surface area contributed by atoms with E-state index in [1.54, 1.807) is 12.1 Å². The maximum atomic E-state index is 14.0. The summed E-state index contributed by atoms with van der Waals surface area (Å²) >= 11 is 0. The summed E-state index contributed by atoms with van der Waals surface area (Å²) in [6.45, 7) is 1.10. The number of halogens is 1. The van der Waals surface area contributed by atoms with Gasteiger partial charge in [0, 0.05) is 24.6 Å². The smallest absolute Gasteiger partial charge is 0.225 e. The Labute approximate surface area is 170 Å². The third-order valence-electron chi connectivity index (χ3n) is 6.55. The van der Waals surface area contributed by atoms with Crippen molar-refractivity contribution in [1.29, 1.82) is 0 Å². The van der Waals surface area contributed by atoms with Crippen LogP contribution in [0.3, 0.4) is 0 Å². The molecule has 0 spiro atoms. The van der Waals surface area contributed by atoms with Gasteiger partial charge in [-0.25, -0.2) is 4.39 Å². The number of likely N-dealkylation sites (tertiary alicyclic amines) is 1. The second-order valence-corrected chi connectivity index (χ2v) is 8.49. The Hall–Kier alpha value is -2.69. The van der Waals surface area contributed by atoms with Crippen molar-refractivity contribution in [3.63, 3.8) is 0 Å². The van der Waals surface area contributed by atoms with Gasteiger partial charge in [-0.05, 0) is 49.3 Å². The van der Waals surface area contributed by atoms with Crippen molar-refractivity contribution in [2.75, 3.05) is 13.1 Å². The van der Waals surface area contributed by atoms with E-state index >= 15 is 0 Å². The topological polar surface area (TPSA) is 63.4 Å². The molecule has 0 radical (unpaired) electrons. The first kappa shape index (κ1) is 19.6. The zero-order valence-electron chi connectivity index (χ0n) is 16.6. The minimum atomic E-state index is -0.739. The van der Waals surface area contributed by atoms with Crippen molar-refractivity contribution < 1.29 is 14.0 Å². The standard InChI is InChI=1S/C24H27FN2O2/c25-21-8-2-1-7-20(21)18-11-9-17(10-12-18)15-24(23(26)29)13-4-14-27(16-24)22(28)19-5-3-6-19/h1-2,7-12,19H,3-6,13-16H2,(H2,26,29)/t24-/m1/s1. The van der Waals surface area contributed by atoms with Crippen LogP contribution in [0.1, 0.15) is 37.7 Å². The number of carbonyl (C=O) groups excluding carboxylic acids is 2. The molecule has 0 bridgehead atoms. The van der Waals surface area contributed by atoms with Gasteiger partial charge in [0.15, 0.2) is 0 Å². The second-order valence-electron chi connectivity index (χ2n) is 8.49. The third-order valence-corrected chi connectivity index (χ3v) is 6.55. The largest absolute Gasteiger partial charge is 0.369 e. The molecule has 5 heteroatoms. The molecule has 2 aliphatic rings. The van der Waals surface area contributed by atoms with Gasteiger partial charge in [-0.2, -0.15) is 0 Å². The van der Waals surface area contributed by atoms with E-state index in [-0.39, 0.29) is 23.5 Å². The molecule has 0 aromatic heterocycles. The van der Waals surface area contributed by atoms with Crippen molar-refractivity contribution in [3.8, 4) is 11.1 Å². The highest BCUT2D eigenvalue weighted by atomic mass is 19.1. The minimum Gasteiger partial charge on any atom is -0.369 e. The zero-order valence-corrected chi connectivity index (χ0v) is 16.6. The monoisotopic (exact) mass is 394 g/mol. The van der Waals surface area contributed by atoms with Crippen LogP contribution in [-0.2, 0) is 16.0 Å². The van der Waals surface area contributed by atoms with Crippen LogP contribution in [-0.4, -0.2) is 29.8 Å². The highest BCUT2D eigenvalue weighted by Gasteiger charge is 2.43. The molecule has 1 aliphatic carbocycles. The van der Waals surface area contributed by atoms with E-state index in [2.05, 4.69) is 0 Å². The molecule has 2 aromatic rings. The van der Waals surface area contributed by atoms with Gasteiger partial charge in [0.05, 0.1) is 5.41 Å². The summed E-state index contributed by atoms with van der Waals surface area (Å²) in [6, 6.07) is 14.3. The van der Waals surface area contributed by atoms with Crippen LogP contribution >= 0.6 is 0 Å². The van der Waals surface area contributed by atoms with Crippen LogP contribution in [0, 0.1) is 17.2 Å². The van der Waals surface area contributed by atoms with Gasteiger partial charge in [-0.15, -0.1) is 0 Å². The number of nitrogens with zero attached hydrogens (tertiary/aromatic N) is 1. The second kappa shape index (κ2) is 7.97. The molecule has 2 fully saturated rings. The molecule has 1 heterocycles. The van der Waals surface area contributed by atoms with Crippen LogP contribution in [0.5, 0.6) is 0 Å². The molecule has 1 saturated carbocycles. The maximum absolute atomic E-state index is 14.0. The molecular formula is C24H27FN2O2. The number of nitrogens with two attached hydrogens (primary N) is 1. The Morgan fingerprint density at radius 2 is 1.79 bits per heavy atom. The maximum Gasteiger partial charge on any atom is 0.225 e. The van der Waals surface area contributed by atoms with E-state index in [1.807, 2.05) is 35.2 Å². The van der Waals surface area contributed by atoms with Crippen LogP contribution < -0.4 is 5.73 Å². The first-order valence-electron chi connectivity index (χ1n) is 10.4. The zero-order chi connectivity index (χ0) is 20.4. The summed E-state index contributed by atoms with van der Waals surface area (Å²) < 4.78 is 14.0. The Morgan fingerprint density at radius 1 is 1.07 bits per heavy atom. The lowest BCUT2D eigenvalue weighted by molar-refractivity contribution is -0.145. The first-order chi connectivity index (χ1) is 14.0. The van der Waals surface area contributed by atoms with Crippen molar-refractivity contribution >= 4 is 11.8 Å². The number of benzene rings is 2. The molecule has 1 aliphatic heterocycles. The molecule has 2 N–H and O–H groups in total. The Morgan fingerprint density at radius 3 is 2.41 bits per heavy atom. The average Bonchev–Trinajstić information content (AvgIpc) is 2.68. The van der Waals surface area contributed by atoms with Gasteiger partial charge in [-0.1, -0.05) is 48.9 Å². The molecule has 1 atom stereocenters. The summed E-state index contributed by atoms with van der Waals surface area (Å²) in [5.74, 6) is -0.303. The van der Waals surface area contributed by atoms with E-state index in [0.29, 0.717) is 31.5 Å². The number of hydrogen-bond donors (Lipinski definition) is 1. The summed E-state index contributed by atoms with van der Waals surface area (Å²) in [5, 5.41) is 0. The quantitative estimate of drug-likeness (QED) is 0.835. The molecule has 4 rings (SSSR count). The van der Waals surface area contributed by atoms with Crippen molar-refractivity contribution in [2.45, 2.75) is 38.5 Å². The summed E-state index contributed by atoms with van der Waals surface area (Å²) in [4.78, 5) is 27.0.